The summed E-state index contributed by atoms with van der Waals surface area (Å²) in [5.41, 5.74) is 8.29. The molecule has 0 aliphatic rings. The van der Waals surface area contributed by atoms with Crippen molar-refractivity contribution in [2.45, 2.75) is 84.3 Å². The number of allylic oxidation sites excluding steroid dienone is 2. The minimum Gasteiger partial charge on any atom is -0.401 e. The molecule has 2 rings (SSSR count). The Morgan fingerprint density at radius 3 is 2.42 bits per heavy atom. The molecule has 0 aliphatic heterocycles. The van der Waals surface area contributed by atoms with Gasteiger partial charge in [-0.3, -0.25) is 4.79 Å². The second-order valence-corrected chi connectivity index (χ2v) is 10.7. The van der Waals surface area contributed by atoms with Crippen LogP contribution in [0.3, 0.4) is 0 Å². The Labute approximate surface area is 202 Å². The van der Waals surface area contributed by atoms with Crippen molar-refractivity contribution in [3.63, 3.8) is 0 Å². The standard InChI is InChI=1S/C26H37N5OS/c1-7-8-9-10-18(2)16-31-24(20-11-13-21(14-12-20)26(4,5)6)29-30-25(31)33-17-23(32)22(15-27)19(3)28/h11-14,18H,7-10,16-17,28H2,1-6H3. The van der Waals surface area contributed by atoms with Crippen LogP contribution in [0.15, 0.2) is 40.7 Å². The van der Waals surface area contributed by atoms with Gasteiger partial charge >= 0.3 is 0 Å². The highest BCUT2D eigenvalue weighted by Crippen LogP contribution is 2.29. The maximum atomic E-state index is 12.5. The van der Waals surface area contributed by atoms with E-state index in [4.69, 9.17) is 5.73 Å². The molecule has 0 amide bonds. The molecule has 1 heterocycles. The number of carbonyl (C=O) groups is 1. The van der Waals surface area contributed by atoms with Crippen LogP contribution in [0.1, 0.15) is 72.8 Å². The fourth-order valence-corrected chi connectivity index (χ4v) is 4.43. The molecule has 178 valence electrons. The minimum absolute atomic E-state index is 0.0134. The van der Waals surface area contributed by atoms with Gasteiger partial charge in [0.15, 0.2) is 16.8 Å². The molecule has 0 fully saturated rings. The fourth-order valence-electron chi connectivity index (χ4n) is 3.61. The van der Waals surface area contributed by atoms with Crippen molar-refractivity contribution >= 4 is 17.5 Å². The highest BCUT2D eigenvalue weighted by molar-refractivity contribution is 7.99. The molecule has 0 radical (unpaired) electrons. The van der Waals surface area contributed by atoms with Gasteiger partial charge in [0.1, 0.15) is 11.6 Å². The Bertz CT molecular complexity index is 1000. The number of nitrogens with two attached hydrogens (primary N) is 1. The van der Waals surface area contributed by atoms with Gasteiger partial charge in [-0.15, -0.1) is 10.2 Å². The zero-order valence-corrected chi connectivity index (χ0v) is 21.6. The third-order valence-corrected chi connectivity index (χ3v) is 6.60. The molecule has 0 saturated carbocycles. The van der Waals surface area contributed by atoms with Crippen molar-refractivity contribution in [1.29, 1.82) is 5.26 Å². The molecular formula is C26H37N5OS. The summed E-state index contributed by atoms with van der Waals surface area (Å²) in [6.45, 7) is 13.4. The van der Waals surface area contributed by atoms with Crippen molar-refractivity contribution < 1.29 is 4.79 Å². The number of Topliss-reactive ketones (excluding diaryl/α,β-unsaturated/α-hetero) is 1. The fraction of sp³-hybridized carbons (Fsp3) is 0.538. The van der Waals surface area contributed by atoms with Crippen LogP contribution in [0, 0.1) is 17.2 Å². The number of hydrogen-bond acceptors (Lipinski definition) is 6. The lowest BCUT2D eigenvalue weighted by atomic mass is 9.86. The predicted octanol–water partition coefficient (Wildman–Crippen LogP) is 5.88. The van der Waals surface area contributed by atoms with E-state index in [9.17, 15) is 10.1 Å². The number of thioether (sulfide) groups is 1. The molecule has 2 N–H and O–H groups in total. The zero-order valence-electron chi connectivity index (χ0n) is 20.8. The number of nitriles is 1. The summed E-state index contributed by atoms with van der Waals surface area (Å²) in [6, 6.07) is 10.4. The van der Waals surface area contributed by atoms with Crippen LogP contribution in [0.25, 0.3) is 11.4 Å². The second kappa shape index (κ2) is 12.0. The quantitative estimate of drug-likeness (QED) is 0.192. The van der Waals surface area contributed by atoms with Crippen molar-refractivity contribution in [3.8, 4) is 17.5 Å². The van der Waals surface area contributed by atoms with E-state index in [0.29, 0.717) is 11.1 Å². The van der Waals surface area contributed by atoms with E-state index in [1.807, 2.05) is 6.07 Å². The van der Waals surface area contributed by atoms with Crippen LogP contribution in [0.4, 0.5) is 0 Å². The van der Waals surface area contributed by atoms with Crippen molar-refractivity contribution in [3.05, 3.63) is 41.1 Å². The van der Waals surface area contributed by atoms with E-state index >= 15 is 0 Å². The second-order valence-electron chi connectivity index (χ2n) is 9.73. The maximum Gasteiger partial charge on any atom is 0.191 e. The number of ketones is 1. The Morgan fingerprint density at radius 2 is 1.88 bits per heavy atom. The van der Waals surface area contributed by atoms with Gasteiger partial charge in [-0.05, 0) is 30.2 Å². The first-order valence-electron chi connectivity index (χ1n) is 11.6. The average molecular weight is 468 g/mol. The average Bonchev–Trinajstić information content (AvgIpc) is 3.14. The van der Waals surface area contributed by atoms with Gasteiger partial charge in [0.05, 0.1) is 5.75 Å². The monoisotopic (exact) mass is 467 g/mol. The maximum absolute atomic E-state index is 12.5. The molecule has 0 spiro atoms. The van der Waals surface area contributed by atoms with Crippen molar-refractivity contribution in [2.24, 2.45) is 11.7 Å². The Hall–Kier alpha value is -2.59. The summed E-state index contributed by atoms with van der Waals surface area (Å²) >= 11 is 1.31. The lowest BCUT2D eigenvalue weighted by molar-refractivity contribution is -0.112. The summed E-state index contributed by atoms with van der Waals surface area (Å²) in [7, 11) is 0. The zero-order chi connectivity index (χ0) is 24.6. The number of hydrogen-bond donors (Lipinski definition) is 1. The van der Waals surface area contributed by atoms with E-state index in [-0.39, 0.29) is 28.2 Å². The smallest absolute Gasteiger partial charge is 0.191 e. The SMILES string of the molecule is CCCCCC(C)Cn1c(SCC(=O)C(C#N)=C(C)N)nnc1-c1ccc(C(C)(C)C)cc1. The summed E-state index contributed by atoms with van der Waals surface area (Å²) in [5, 5.41) is 18.8. The molecule has 1 aromatic heterocycles. The first kappa shape index (κ1) is 26.7. The van der Waals surface area contributed by atoms with E-state index < -0.39 is 0 Å². The lowest BCUT2D eigenvalue weighted by Gasteiger charge is -2.19. The molecule has 7 heteroatoms. The Balaban J connectivity index is 2.32. The van der Waals surface area contributed by atoms with Crippen LogP contribution in [0.5, 0.6) is 0 Å². The number of benzene rings is 1. The number of unbranched alkanes of at least 4 members (excludes halogenated alkanes) is 2. The molecule has 1 unspecified atom stereocenters. The summed E-state index contributed by atoms with van der Waals surface area (Å²) in [5.74, 6) is 1.07. The van der Waals surface area contributed by atoms with Gasteiger partial charge in [0, 0.05) is 17.8 Å². The van der Waals surface area contributed by atoms with E-state index in [2.05, 4.69) is 73.6 Å². The summed E-state index contributed by atoms with van der Waals surface area (Å²) < 4.78 is 2.12. The largest absolute Gasteiger partial charge is 0.401 e. The molecule has 0 bridgehead atoms. The van der Waals surface area contributed by atoms with Crippen molar-refractivity contribution in [1.82, 2.24) is 14.8 Å². The predicted molar refractivity (Wildman–Crippen MR) is 136 cm³/mol. The van der Waals surface area contributed by atoms with Gasteiger partial charge in [-0.25, -0.2) is 0 Å². The van der Waals surface area contributed by atoms with Crippen LogP contribution in [-0.4, -0.2) is 26.3 Å². The Kier molecular flexibility index (Phi) is 9.72. The summed E-state index contributed by atoms with van der Waals surface area (Å²) in [4.78, 5) is 12.5. The molecule has 6 nitrogen and oxygen atoms in total. The molecule has 1 atom stereocenters. The van der Waals surface area contributed by atoms with E-state index in [1.165, 1.54) is 36.6 Å². The van der Waals surface area contributed by atoms with Crippen LogP contribution < -0.4 is 5.73 Å². The molecule has 33 heavy (non-hydrogen) atoms. The minimum atomic E-state index is -0.288. The van der Waals surface area contributed by atoms with E-state index in [0.717, 1.165) is 24.4 Å². The van der Waals surface area contributed by atoms with Crippen LogP contribution in [-0.2, 0) is 16.8 Å². The van der Waals surface area contributed by atoms with Crippen LogP contribution in [0.2, 0.25) is 0 Å². The Morgan fingerprint density at radius 1 is 1.21 bits per heavy atom. The van der Waals surface area contributed by atoms with Crippen molar-refractivity contribution in [2.75, 3.05) is 5.75 Å². The molecule has 1 aromatic carbocycles. The third-order valence-electron chi connectivity index (χ3n) is 5.64. The van der Waals surface area contributed by atoms with Gasteiger partial charge in [0.2, 0.25) is 0 Å². The van der Waals surface area contributed by atoms with Gasteiger partial charge in [-0.1, -0.05) is 89.9 Å². The van der Waals surface area contributed by atoms with Gasteiger partial charge < -0.3 is 10.3 Å². The first-order chi connectivity index (χ1) is 15.6. The van der Waals surface area contributed by atoms with Gasteiger partial charge in [0.25, 0.3) is 0 Å². The first-order valence-corrected chi connectivity index (χ1v) is 12.6. The number of rotatable bonds is 11. The number of carbonyl (C=O) groups excluding carboxylic acids is 1. The highest BCUT2D eigenvalue weighted by atomic mass is 32.2. The highest BCUT2D eigenvalue weighted by Gasteiger charge is 2.20. The van der Waals surface area contributed by atoms with Crippen LogP contribution >= 0.6 is 11.8 Å². The van der Waals surface area contributed by atoms with Gasteiger partial charge in [-0.2, -0.15) is 5.26 Å². The molecule has 2 aromatic rings. The third kappa shape index (κ3) is 7.46. The number of nitrogens with zero attached hydrogens (tertiary/aromatic N) is 4. The number of aromatic nitrogens is 3. The van der Waals surface area contributed by atoms with E-state index in [1.54, 1.807) is 6.92 Å². The summed E-state index contributed by atoms with van der Waals surface area (Å²) in [6.07, 6.45) is 4.75. The molecule has 0 saturated heterocycles. The molecular weight excluding hydrogens is 430 g/mol. The normalized spacial score (nSPS) is 13.4. The lowest BCUT2D eigenvalue weighted by Crippen LogP contribution is -2.13. The topological polar surface area (TPSA) is 97.6 Å². The molecule has 0 aliphatic carbocycles.